The van der Waals surface area contributed by atoms with Gasteiger partial charge in [-0.1, -0.05) is 36.0 Å². The number of rotatable bonds is 6. The van der Waals surface area contributed by atoms with E-state index in [0.717, 1.165) is 15.8 Å². The minimum absolute atomic E-state index is 0.00621. The Bertz CT molecular complexity index is 586. The number of amides is 1. The molecule has 6 heteroatoms. The standard InChI is InChI=1S/C14H17N3O2S/c1-10(8-19-2)16-13(18)9-20-14-12-6-4-3-5-11(12)7-15-17-14/h3-7,10H,8-9H2,1-2H3,(H,16,18)/t10-/m0/s1. The molecule has 1 amide bonds. The monoisotopic (exact) mass is 291 g/mol. The first-order chi connectivity index (χ1) is 9.70. The molecule has 0 bridgehead atoms. The van der Waals surface area contributed by atoms with Crippen LogP contribution in [0.5, 0.6) is 0 Å². The van der Waals surface area contributed by atoms with E-state index >= 15 is 0 Å². The Balaban J connectivity index is 1.97. The molecular formula is C14H17N3O2S. The number of thioether (sulfide) groups is 1. The molecule has 1 aromatic heterocycles. The van der Waals surface area contributed by atoms with Crippen molar-refractivity contribution in [1.82, 2.24) is 15.5 Å². The third-order valence-corrected chi connectivity index (χ3v) is 3.68. The quantitative estimate of drug-likeness (QED) is 0.823. The summed E-state index contributed by atoms with van der Waals surface area (Å²) < 4.78 is 4.98. The largest absolute Gasteiger partial charge is 0.383 e. The van der Waals surface area contributed by atoms with E-state index in [2.05, 4.69) is 15.5 Å². The number of methoxy groups -OCH3 is 1. The van der Waals surface area contributed by atoms with E-state index in [-0.39, 0.29) is 11.9 Å². The molecule has 0 saturated heterocycles. The van der Waals surface area contributed by atoms with Crippen LogP contribution >= 0.6 is 11.8 Å². The van der Waals surface area contributed by atoms with Crippen LogP contribution in [0.1, 0.15) is 6.92 Å². The van der Waals surface area contributed by atoms with Crippen LogP contribution in [0, 0.1) is 0 Å². The lowest BCUT2D eigenvalue weighted by Crippen LogP contribution is -2.36. The normalized spacial score (nSPS) is 12.3. The van der Waals surface area contributed by atoms with E-state index in [0.29, 0.717) is 12.4 Å². The van der Waals surface area contributed by atoms with Gasteiger partial charge in [-0.15, -0.1) is 5.10 Å². The number of ether oxygens (including phenoxy) is 1. The summed E-state index contributed by atoms with van der Waals surface area (Å²) in [5.41, 5.74) is 0. The number of carbonyl (C=O) groups excluding carboxylic acids is 1. The number of benzene rings is 1. The molecule has 1 N–H and O–H groups in total. The van der Waals surface area contributed by atoms with Crippen LogP contribution in [-0.2, 0) is 9.53 Å². The van der Waals surface area contributed by atoms with E-state index < -0.39 is 0 Å². The van der Waals surface area contributed by atoms with E-state index in [1.54, 1.807) is 13.3 Å². The molecule has 20 heavy (non-hydrogen) atoms. The zero-order valence-corrected chi connectivity index (χ0v) is 12.3. The fourth-order valence-corrected chi connectivity index (χ4v) is 2.65. The third kappa shape index (κ3) is 3.91. The van der Waals surface area contributed by atoms with Gasteiger partial charge in [0.15, 0.2) is 0 Å². The van der Waals surface area contributed by atoms with Crippen molar-refractivity contribution in [2.75, 3.05) is 19.5 Å². The predicted molar refractivity (Wildman–Crippen MR) is 79.7 cm³/mol. The Kier molecular flexibility index (Phi) is 5.31. The number of fused-ring (bicyclic) bond motifs is 1. The van der Waals surface area contributed by atoms with Crippen molar-refractivity contribution >= 4 is 28.4 Å². The Morgan fingerprint density at radius 1 is 1.45 bits per heavy atom. The van der Waals surface area contributed by atoms with Gasteiger partial charge in [0.1, 0.15) is 5.03 Å². The fraction of sp³-hybridized carbons (Fsp3) is 0.357. The lowest BCUT2D eigenvalue weighted by atomic mass is 10.2. The Hall–Kier alpha value is -1.66. The van der Waals surface area contributed by atoms with E-state index in [4.69, 9.17) is 4.74 Å². The van der Waals surface area contributed by atoms with Crippen LogP contribution in [0.4, 0.5) is 0 Å². The molecule has 0 fully saturated rings. The zero-order chi connectivity index (χ0) is 14.4. The number of aromatic nitrogens is 2. The first kappa shape index (κ1) is 14.7. The second-order valence-electron chi connectivity index (χ2n) is 4.45. The summed E-state index contributed by atoms with van der Waals surface area (Å²) in [5.74, 6) is 0.283. The van der Waals surface area contributed by atoms with Crippen LogP contribution in [0.3, 0.4) is 0 Å². The SMILES string of the molecule is COC[C@H](C)NC(=O)CSc1nncc2ccccc12. The highest BCUT2D eigenvalue weighted by Gasteiger charge is 2.10. The molecule has 5 nitrogen and oxygen atoms in total. The van der Waals surface area contributed by atoms with Gasteiger partial charge in [-0.25, -0.2) is 0 Å². The molecule has 2 rings (SSSR count). The zero-order valence-electron chi connectivity index (χ0n) is 11.5. The number of hydrogen-bond donors (Lipinski definition) is 1. The molecule has 2 aromatic rings. The number of hydrogen-bond acceptors (Lipinski definition) is 5. The number of carbonyl (C=O) groups is 1. The first-order valence-corrected chi connectivity index (χ1v) is 7.31. The van der Waals surface area contributed by atoms with Gasteiger partial charge in [0.05, 0.1) is 18.6 Å². The maximum absolute atomic E-state index is 11.8. The second-order valence-corrected chi connectivity index (χ2v) is 5.41. The highest BCUT2D eigenvalue weighted by atomic mass is 32.2. The summed E-state index contributed by atoms with van der Waals surface area (Å²) in [4.78, 5) is 11.8. The predicted octanol–water partition coefficient (Wildman–Crippen LogP) is 1.87. The highest BCUT2D eigenvalue weighted by molar-refractivity contribution is 8.00. The van der Waals surface area contributed by atoms with E-state index in [9.17, 15) is 4.79 Å². The van der Waals surface area contributed by atoms with Crippen molar-refractivity contribution in [3.05, 3.63) is 30.5 Å². The van der Waals surface area contributed by atoms with Crippen molar-refractivity contribution in [2.45, 2.75) is 18.0 Å². The number of nitrogens with zero attached hydrogens (tertiary/aromatic N) is 2. The molecule has 0 radical (unpaired) electrons. The van der Waals surface area contributed by atoms with Gasteiger partial charge in [0, 0.05) is 23.9 Å². The summed E-state index contributed by atoms with van der Waals surface area (Å²) in [7, 11) is 1.61. The van der Waals surface area contributed by atoms with E-state index in [1.807, 2.05) is 31.2 Å². The molecule has 1 heterocycles. The third-order valence-electron chi connectivity index (χ3n) is 2.70. The molecular weight excluding hydrogens is 274 g/mol. The summed E-state index contributed by atoms with van der Waals surface area (Å²) >= 11 is 1.39. The second kappa shape index (κ2) is 7.21. The molecule has 0 spiro atoms. The van der Waals surface area contributed by atoms with Gasteiger partial charge in [-0.3, -0.25) is 4.79 Å². The number of nitrogens with one attached hydrogen (secondary N) is 1. The van der Waals surface area contributed by atoms with Crippen molar-refractivity contribution in [2.24, 2.45) is 0 Å². The van der Waals surface area contributed by atoms with E-state index in [1.165, 1.54) is 11.8 Å². The minimum atomic E-state index is -0.0331. The molecule has 106 valence electrons. The summed E-state index contributed by atoms with van der Waals surface area (Å²) in [6.45, 7) is 2.41. The van der Waals surface area contributed by atoms with Crippen molar-refractivity contribution in [3.8, 4) is 0 Å². The highest BCUT2D eigenvalue weighted by Crippen LogP contribution is 2.24. The minimum Gasteiger partial charge on any atom is -0.383 e. The Morgan fingerprint density at radius 3 is 3.05 bits per heavy atom. The Labute approximate surface area is 122 Å². The molecule has 1 atom stereocenters. The molecule has 0 aliphatic carbocycles. The smallest absolute Gasteiger partial charge is 0.230 e. The molecule has 1 aromatic carbocycles. The average molecular weight is 291 g/mol. The van der Waals surface area contributed by atoms with Crippen LogP contribution in [0.15, 0.2) is 35.5 Å². The van der Waals surface area contributed by atoms with Crippen LogP contribution in [0.2, 0.25) is 0 Å². The maximum Gasteiger partial charge on any atom is 0.230 e. The van der Waals surface area contributed by atoms with Gasteiger partial charge in [0.2, 0.25) is 5.91 Å². The van der Waals surface area contributed by atoms with Gasteiger partial charge in [0.25, 0.3) is 0 Å². The summed E-state index contributed by atoms with van der Waals surface area (Å²) in [6.07, 6.45) is 1.72. The van der Waals surface area contributed by atoms with Gasteiger partial charge in [-0.2, -0.15) is 5.10 Å². The lowest BCUT2D eigenvalue weighted by Gasteiger charge is -2.12. The maximum atomic E-state index is 11.8. The molecule has 0 aliphatic rings. The summed E-state index contributed by atoms with van der Waals surface area (Å²) in [6, 6.07) is 7.88. The van der Waals surface area contributed by atoms with Crippen LogP contribution in [-0.4, -0.2) is 41.6 Å². The Morgan fingerprint density at radius 2 is 2.25 bits per heavy atom. The summed E-state index contributed by atoms with van der Waals surface area (Å²) in [5, 5.41) is 13.7. The lowest BCUT2D eigenvalue weighted by molar-refractivity contribution is -0.119. The van der Waals surface area contributed by atoms with Crippen molar-refractivity contribution in [3.63, 3.8) is 0 Å². The van der Waals surface area contributed by atoms with Crippen LogP contribution < -0.4 is 5.32 Å². The van der Waals surface area contributed by atoms with Gasteiger partial charge >= 0.3 is 0 Å². The van der Waals surface area contributed by atoms with Crippen molar-refractivity contribution in [1.29, 1.82) is 0 Å². The van der Waals surface area contributed by atoms with Crippen molar-refractivity contribution < 1.29 is 9.53 Å². The van der Waals surface area contributed by atoms with Gasteiger partial charge in [-0.05, 0) is 6.92 Å². The first-order valence-electron chi connectivity index (χ1n) is 6.32. The average Bonchev–Trinajstić information content (AvgIpc) is 2.45. The molecule has 0 unspecified atom stereocenters. The topological polar surface area (TPSA) is 64.1 Å². The fourth-order valence-electron chi connectivity index (χ4n) is 1.85. The molecule has 0 saturated carbocycles. The van der Waals surface area contributed by atoms with Gasteiger partial charge < -0.3 is 10.1 Å². The van der Waals surface area contributed by atoms with Crippen LogP contribution in [0.25, 0.3) is 10.8 Å². The molecule has 0 aliphatic heterocycles.